The van der Waals surface area contributed by atoms with E-state index in [2.05, 4.69) is 31.1 Å². The van der Waals surface area contributed by atoms with Gasteiger partial charge in [-0.15, -0.1) is 20.5 Å². The molecular weight excluding hydrogens is 1310 g/mol. The van der Waals surface area contributed by atoms with Crippen LogP contribution in [0.1, 0.15) is 26.3 Å². The van der Waals surface area contributed by atoms with Crippen LogP contribution in [0.15, 0.2) is 155 Å². The van der Waals surface area contributed by atoms with Gasteiger partial charge in [0.25, 0.3) is 32.1 Å². The van der Waals surface area contributed by atoms with E-state index >= 15 is 0 Å². The molecule has 0 saturated carbocycles. The van der Waals surface area contributed by atoms with Gasteiger partial charge in [0.05, 0.1) is 72.5 Å². The third kappa shape index (κ3) is 16.0. The number of hydrogen-bond donors (Lipinski definition) is 14. The molecule has 0 bridgehead atoms. The van der Waals surface area contributed by atoms with Gasteiger partial charge in [-0.2, -0.15) is 16.8 Å². The van der Waals surface area contributed by atoms with Gasteiger partial charge < -0.3 is 74.6 Å². The first-order valence-electron chi connectivity index (χ1n) is 23.5. The van der Waals surface area contributed by atoms with E-state index in [0.717, 1.165) is 62.2 Å². The number of methoxy groups -OCH3 is 2. The number of benzene rings is 8. The number of carbonyl (C=O) groups is 3. The van der Waals surface area contributed by atoms with Crippen LogP contribution in [0.5, 0.6) is 23.0 Å². The quantitative estimate of drug-likeness (QED) is 0.0297. The Morgan fingerprint density at radius 3 is 1.54 bits per heavy atom. The smallest absolute Gasteiger partial charge is 0.296 e. The maximum Gasteiger partial charge on any atom is 0.296 e. The van der Waals surface area contributed by atoms with Crippen molar-refractivity contribution in [1.29, 1.82) is 0 Å². The van der Waals surface area contributed by atoms with E-state index in [1.54, 1.807) is 0 Å². The number of hydrogen-bond acceptors (Lipinski definition) is 22. The minimum absolute atomic E-state index is 0. The lowest BCUT2D eigenvalue weighted by Crippen LogP contribution is -2.38. The zero-order chi connectivity index (χ0) is 63.5. The summed E-state index contributed by atoms with van der Waals surface area (Å²) >= 11 is 24.5. The highest BCUT2D eigenvalue weighted by molar-refractivity contribution is 8.19. The molecule has 18 N–H and O–H groups in total. The zero-order valence-electron chi connectivity index (χ0n) is 44.0. The average Bonchev–Trinajstić information content (AvgIpc) is 1.29. The third-order valence-electron chi connectivity index (χ3n) is 12.0. The molecular formula is C51H46Cl4N8O20S4. The van der Waals surface area contributed by atoms with E-state index in [-0.39, 0.29) is 59.6 Å². The minimum atomic E-state index is -5.36. The van der Waals surface area contributed by atoms with Crippen molar-refractivity contribution in [2.24, 2.45) is 31.9 Å². The maximum atomic E-state index is 13.5. The van der Waals surface area contributed by atoms with E-state index in [1.807, 2.05) is 30.3 Å². The van der Waals surface area contributed by atoms with Crippen molar-refractivity contribution in [1.82, 2.24) is 0 Å². The highest BCUT2D eigenvalue weighted by Gasteiger charge is 2.31. The van der Waals surface area contributed by atoms with Crippen LogP contribution in [-0.2, 0) is 31.5 Å². The molecule has 0 aliphatic carbocycles. The number of fused-ring (bicyclic) bond motifs is 2. The number of nitrogens with zero attached hydrogens (tertiary/aromatic N) is 4. The molecule has 0 spiro atoms. The molecule has 8 aromatic carbocycles. The topological polar surface area (TPSA) is 497 Å². The van der Waals surface area contributed by atoms with Gasteiger partial charge in [0.15, 0.2) is 11.5 Å². The molecule has 0 saturated heterocycles. The molecule has 36 heteroatoms. The number of azo groups is 2. The maximum absolute atomic E-state index is 13.5. The minimum Gasteiger partial charge on any atom is -0.505 e. The second-order valence-electron chi connectivity index (χ2n) is 17.7. The fourth-order valence-corrected chi connectivity index (χ4v) is 11.2. The summed E-state index contributed by atoms with van der Waals surface area (Å²) in [7, 11) is -17.7. The molecule has 0 aromatic heterocycles. The Kier molecular flexibility index (Phi) is 21.5. The van der Waals surface area contributed by atoms with Gasteiger partial charge >= 0.3 is 0 Å². The lowest BCUT2D eigenvalue weighted by Gasteiger charge is -2.23. The van der Waals surface area contributed by atoms with Crippen molar-refractivity contribution in [3.63, 3.8) is 0 Å². The van der Waals surface area contributed by atoms with Crippen LogP contribution in [0, 0.1) is 0 Å². The van der Waals surface area contributed by atoms with E-state index in [1.165, 1.54) is 36.4 Å². The van der Waals surface area contributed by atoms with Crippen LogP contribution in [0.4, 0.5) is 34.1 Å². The number of rotatable bonds is 17. The first-order valence-corrected chi connectivity index (χ1v) is 30.9. The summed E-state index contributed by atoms with van der Waals surface area (Å²) in [6, 6.07) is 23.6. The summed E-state index contributed by atoms with van der Waals surface area (Å²) in [6.07, 6.45) is 0.510. The Morgan fingerprint density at radius 2 is 1.06 bits per heavy atom. The Labute approximate surface area is 515 Å². The highest BCUT2D eigenvalue weighted by atomic mass is 35.5. The van der Waals surface area contributed by atoms with Crippen molar-refractivity contribution in [3.05, 3.63) is 152 Å². The Hall–Kier alpha value is -7.55. The highest BCUT2D eigenvalue weighted by Crippen LogP contribution is 2.56. The average molecular weight is 1360 g/mol. The predicted molar refractivity (Wildman–Crippen MR) is 326 cm³/mol. The molecule has 462 valence electrons. The number of anilines is 2. The number of phenols is 2. The summed E-state index contributed by atoms with van der Waals surface area (Å²) < 4.78 is 143. The van der Waals surface area contributed by atoms with E-state index in [4.69, 9.17) is 67.3 Å². The Balaban J connectivity index is 0.000000830. The summed E-state index contributed by atoms with van der Waals surface area (Å²) in [6.45, 7) is 0. The number of nitrogens with two attached hydrogens (primary N) is 2. The van der Waals surface area contributed by atoms with Crippen molar-refractivity contribution in [3.8, 4) is 23.0 Å². The fraction of sp³-hybridized carbons (Fsp3) is 0.0784. The number of phenolic OH excluding ortho intramolecular Hbond substituents is 2. The van der Waals surface area contributed by atoms with Crippen molar-refractivity contribution in [2.45, 2.75) is 32.0 Å². The first kappa shape index (κ1) is 68.6. The van der Waals surface area contributed by atoms with Crippen LogP contribution in [-0.4, -0.2) is 107 Å². The number of nitrogens with one attached hydrogen (secondary N) is 2. The molecule has 0 radical (unpaired) electrons. The Bertz CT molecular complexity index is 4350. The lowest BCUT2D eigenvalue weighted by molar-refractivity contribution is -0.119. The molecule has 0 unspecified atom stereocenters. The zero-order valence-corrected chi connectivity index (χ0v) is 50.3. The van der Waals surface area contributed by atoms with Crippen LogP contribution < -0.4 is 31.6 Å². The predicted octanol–water partition coefficient (Wildman–Crippen LogP) is 12.2. The Morgan fingerprint density at radius 1 is 0.563 bits per heavy atom. The molecule has 1 atom stereocenters. The molecule has 0 aliphatic heterocycles. The van der Waals surface area contributed by atoms with Gasteiger partial charge in [0.2, 0.25) is 5.91 Å². The number of primary amides is 1. The van der Waals surface area contributed by atoms with Gasteiger partial charge in [-0.3, -0.25) is 23.5 Å². The van der Waals surface area contributed by atoms with Gasteiger partial charge in [-0.05, 0) is 89.5 Å². The third-order valence-corrected chi connectivity index (χ3v) is 16.8. The molecule has 0 fully saturated rings. The summed E-state index contributed by atoms with van der Waals surface area (Å²) in [5, 5.41) is 42.0. The monoisotopic (exact) mass is 1360 g/mol. The molecule has 87 heavy (non-hydrogen) atoms. The van der Waals surface area contributed by atoms with Gasteiger partial charge in [0.1, 0.15) is 60.9 Å². The van der Waals surface area contributed by atoms with E-state index < -0.39 is 141 Å². The summed E-state index contributed by atoms with van der Waals surface area (Å²) in [5.74, 6) is -5.14. The normalized spacial score (nSPS) is 12.7. The molecule has 8 rings (SSSR count). The molecule has 28 nitrogen and oxygen atoms in total. The standard InChI is InChI=1S/C42H32Cl4N6O18S4.C9H12N2O.H2O/c1-69-30-16-27(50-52-38-33(74(66,67)68)11-18-9-21(72(60,61)62)14-29(35(18)40(38)54)48-42(56)23-12-19(43)6-7-24(23)44)31(70-2)15-26(30)49-51-37-32(73(63,64)65)10-17-8-20(71(57,58)59)13-28(34(17)39(37)53)47-41(55)22-4-3-5-25(45)36(22)46;10-8(9(11)12)6-7-4-2-1-3-5-7;/h3-16,53-54,57-59,66-68H,1-2H3,(H,47,55)(H,48,56)(H,60,61,62)(H,63,64,65);1-5,8H,6,10H2,(H2,11,12);1H2/t;8-;/m.0./s1. The molecule has 0 aliphatic rings. The van der Waals surface area contributed by atoms with Crippen molar-refractivity contribution >= 4 is 162 Å². The SMILES string of the molecule is COc1cc(N=Nc2c(S(=O)(=O)O)cc3cc(S(O)(O)O)cc(NC(=O)c4cccc(Cl)c4Cl)c3c2O)c(OC)cc1N=Nc1c(S(O)(O)O)cc2cc(S(=O)(=O)O)cc(NC(=O)c3cc(Cl)ccc3Cl)c2c1O.NC(=O)[C@@H](N)Cc1ccccc1.O. The van der Waals surface area contributed by atoms with Crippen molar-refractivity contribution in [2.75, 3.05) is 24.9 Å². The van der Waals surface area contributed by atoms with Gasteiger partial charge in [0, 0.05) is 27.9 Å². The molecule has 3 amide bonds. The number of aromatic hydroxyl groups is 2. The fourth-order valence-electron chi connectivity index (χ4n) is 7.95. The number of amides is 3. The van der Waals surface area contributed by atoms with Crippen LogP contribution in [0.3, 0.4) is 0 Å². The largest absolute Gasteiger partial charge is 0.505 e. The second kappa shape index (κ2) is 27.2. The first-order chi connectivity index (χ1) is 40.1. The summed E-state index contributed by atoms with van der Waals surface area (Å²) in [4.78, 5) is 33.9. The molecule has 8 aromatic rings. The number of carbonyl (C=O) groups excluding carboxylic acids is 3. The van der Waals surface area contributed by atoms with Gasteiger partial charge in [-0.25, -0.2) is 0 Å². The van der Waals surface area contributed by atoms with Crippen molar-refractivity contribution < 1.29 is 92.8 Å². The van der Waals surface area contributed by atoms with Gasteiger partial charge in [-0.1, -0.05) is 82.8 Å². The second-order valence-corrected chi connectivity index (χ2v) is 25.1. The van der Waals surface area contributed by atoms with Crippen LogP contribution in [0.2, 0.25) is 20.1 Å². The lowest BCUT2D eigenvalue weighted by atomic mass is 10.1. The number of ether oxygens (including phenoxy) is 2. The van der Waals surface area contributed by atoms with Crippen LogP contribution in [0.25, 0.3) is 21.5 Å². The van der Waals surface area contributed by atoms with Crippen LogP contribution >= 0.6 is 68.1 Å². The molecule has 0 heterocycles. The van der Waals surface area contributed by atoms with E-state index in [9.17, 15) is 77.9 Å². The number of halogens is 4. The summed E-state index contributed by atoms with van der Waals surface area (Å²) in [5.41, 5.74) is 7.60. The van der Waals surface area contributed by atoms with E-state index in [0.29, 0.717) is 12.5 Å².